The van der Waals surface area contributed by atoms with Gasteiger partial charge in [0.2, 0.25) is 17.6 Å². The summed E-state index contributed by atoms with van der Waals surface area (Å²) in [6, 6.07) is 3.69. The molecule has 1 amide bonds. The van der Waals surface area contributed by atoms with E-state index in [1.54, 1.807) is 18.7 Å². The Hall–Kier alpha value is -3.10. The van der Waals surface area contributed by atoms with Gasteiger partial charge in [0.15, 0.2) is 0 Å². The van der Waals surface area contributed by atoms with Gasteiger partial charge in [-0.2, -0.15) is 4.98 Å². The van der Waals surface area contributed by atoms with Crippen LogP contribution in [0.2, 0.25) is 0 Å². The lowest BCUT2D eigenvalue weighted by Crippen LogP contribution is -2.39. The molecule has 1 saturated heterocycles. The minimum Gasteiger partial charge on any atom is -0.342 e. The van der Waals surface area contributed by atoms with Crippen LogP contribution in [0.1, 0.15) is 36.9 Å². The van der Waals surface area contributed by atoms with Crippen LogP contribution >= 0.6 is 0 Å². The summed E-state index contributed by atoms with van der Waals surface area (Å²) in [7, 11) is 1.94. The summed E-state index contributed by atoms with van der Waals surface area (Å²) in [4.78, 5) is 22.9. The molecule has 3 aromatic heterocycles. The molecule has 140 valence electrons. The van der Waals surface area contributed by atoms with Crippen LogP contribution in [0.3, 0.4) is 0 Å². The lowest BCUT2D eigenvalue weighted by Gasteiger charge is -2.32. The number of hydrogen-bond acceptors (Lipinski definition) is 7. The third kappa shape index (κ3) is 3.86. The van der Waals surface area contributed by atoms with Crippen LogP contribution in [-0.2, 0) is 18.3 Å². The molecule has 9 heteroatoms. The van der Waals surface area contributed by atoms with Crippen molar-refractivity contribution in [2.45, 2.75) is 31.6 Å². The molecule has 0 N–H and O–H groups in total. The molecule has 0 saturated carbocycles. The highest BCUT2D eigenvalue weighted by molar-refractivity contribution is 5.76. The standard InChI is InChI=1S/C18H21N7O2/c1-24-12-20-22-18(24)14-5-3-9-25(11-14)16(26)7-6-15-21-17(23-27-15)13-4-2-8-19-10-13/h2,4,8,10,12,14H,3,5-7,9,11H2,1H3/t14-/m1/s1. The van der Waals surface area contributed by atoms with Gasteiger partial charge in [-0.1, -0.05) is 5.16 Å². The summed E-state index contributed by atoms with van der Waals surface area (Å²) in [5, 5.41) is 12.1. The third-order valence-corrected chi connectivity index (χ3v) is 4.83. The van der Waals surface area contributed by atoms with Crippen LogP contribution in [0.5, 0.6) is 0 Å². The molecule has 3 aromatic rings. The normalized spacial score (nSPS) is 17.2. The van der Waals surface area contributed by atoms with E-state index < -0.39 is 0 Å². The van der Waals surface area contributed by atoms with E-state index in [2.05, 4.69) is 25.3 Å². The van der Waals surface area contributed by atoms with Gasteiger partial charge in [0, 0.05) is 56.9 Å². The lowest BCUT2D eigenvalue weighted by atomic mass is 9.97. The smallest absolute Gasteiger partial charge is 0.227 e. The van der Waals surface area contributed by atoms with E-state index in [0.29, 0.717) is 31.1 Å². The minimum atomic E-state index is 0.1000. The topological polar surface area (TPSA) is 103 Å². The highest BCUT2D eigenvalue weighted by atomic mass is 16.5. The molecule has 1 fully saturated rings. The van der Waals surface area contributed by atoms with Crippen molar-refractivity contribution in [3.05, 3.63) is 42.6 Å². The molecule has 0 aliphatic carbocycles. The van der Waals surface area contributed by atoms with Gasteiger partial charge < -0.3 is 14.0 Å². The Morgan fingerprint density at radius 2 is 2.33 bits per heavy atom. The van der Waals surface area contributed by atoms with Gasteiger partial charge in [-0.15, -0.1) is 10.2 Å². The molecule has 1 aliphatic rings. The quantitative estimate of drug-likeness (QED) is 0.675. The summed E-state index contributed by atoms with van der Waals surface area (Å²) in [6.45, 7) is 1.45. The number of aromatic nitrogens is 6. The molecule has 1 aliphatic heterocycles. The SMILES string of the molecule is Cn1cnnc1[C@@H]1CCCN(C(=O)CCc2nc(-c3cccnc3)no2)C1. The number of likely N-dealkylation sites (tertiary alicyclic amines) is 1. The van der Waals surface area contributed by atoms with Crippen molar-refractivity contribution in [2.24, 2.45) is 7.05 Å². The van der Waals surface area contributed by atoms with Crippen molar-refractivity contribution in [3.8, 4) is 11.4 Å². The van der Waals surface area contributed by atoms with Gasteiger partial charge in [-0.05, 0) is 25.0 Å². The fraction of sp³-hybridized carbons (Fsp3) is 0.444. The number of piperidine rings is 1. The van der Waals surface area contributed by atoms with Crippen LogP contribution in [0.4, 0.5) is 0 Å². The van der Waals surface area contributed by atoms with Gasteiger partial charge in [-0.3, -0.25) is 9.78 Å². The van der Waals surface area contributed by atoms with Gasteiger partial charge in [0.1, 0.15) is 12.2 Å². The number of aryl methyl sites for hydroxylation is 2. The number of amides is 1. The monoisotopic (exact) mass is 367 g/mol. The van der Waals surface area contributed by atoms with Crippen molar-refractivity contribution < 1.29 is 9.32 Å². The fourth-order valence-electron chi connectivity index (χ4n) is 3.42. The molecule has 0 bridgehead atoms. The molecule has 1 atom stereocenters. The van der Waals surface area contributed by atoms with Gasteiger partial charge in [0.05, 0.1) is 0 Å². The Labute approximate surface area is 156 Å². The van der Waals surface area contributed by atoms with Gasteiger partial charge >= 0.3 is 0 Å². The molecular weight excluding hydrogens is 346 g/mol. The van der Waals surface area contributed by atoms with E-state index in [1.807, 2.05) is 28.6 Å². The summed E-state index contributed by atoms with van der Waals surface area (Å²) >= 11 is 0. The average Bonchev–Trinajstić information content (AvgIpc) is 3.36. The van der Waals surface area contributed by atoms with Crippen LogP contribution in [-0.4, -0.2) is 53.8 Å². The molecule has 9 nitrogen and oxygen atoms in total. The predicted molar refractivity (Wildman–Crippen MR) is 95.4 cm³/mol. The Kier molecular flexibility index (Phi) is 4.91. The zero-order chi connectivity index (χ0) is 18.6. The van der Waals surface area contributed by atoms with E-state index in [4.69, 9.17) is 4.52 Å². The summed E-state index contributed by atoms with van der Waals surface area (Å²) in [6.07, 6.45) is 7.84. The van der Waals surface area contributed by atoms with E-state index in [1.165, 1.54) is 0 Å². The molecule has 4 heterocycles. The highest BCUT2D eigenvalue weighted by Crippen LogP contribution is 2.25. The minimum absolute atomic E-state index is 0.1000. The van der Waals surface area contributed by atoms with Crippen molar-refractivity contribution in [2.75, 3.05) is 13.1 Å². The molecule has 0 radical (unpaired) electrons. The number of rotatable bonds is 5. The first-order chi connectivity index (χ1) is 13.2. The first-order valence-corrected chi connectivity index (χ1v) is 9.05. The fourth-order valence-corrected chi connectivity index (χ4v) is 3.42. The number of pyridine rings is 1. The van der Waals surface area contributed by atoms with Gasteiger partial charge in [-0.25, -0.2) is 0 Å². The second kappa shape index (κ2) is 7.65. The maximum absolute atomic E-state index is 12.6. The lowest BCUT2D eigenvalue weighted by molar-refractivity contribution is -0.132. The van der Waals surface area contributed by atoms with Crippen molar-refractivity contribution in [3.63, 3.8) is 0 Å². The second-order valence-electron chi connectivity index (χ2n) is 6.73. The molecule has 27 heavy (non-hydrogen) atoms. The number of carbonyl (C=O) groups is 1. The molecular formula is C18H21N7O2. The molecule has 0 spiro atoms. The zero-order valence-corrected chi connectivity index (χ0v) is 15.2. The molecule has 0 unspecified atom stereocenters. The first-order valence-electron chi connectivity index (χ1n) is 9.05. The van der Waals surface area contributed by atoms with E-state index >= 15 is 0 Å². The Morgan fingerprint density at radius 3 is 3.11 bits per heavy atom. The maximum Gasteiger partial charge on any atom is 0.227 e. The predicted octanol–water partition coefficient (Wildman–Crippen LogP) is 1.60. The first kappa shape index (κ1) is 17.3. The largest absolute Gasteiger partial charge is 0.342 e. The Bertz CT molecular complexity index is 905. The average molecular weight is 367 g/mol. The summed E-state index contributed by atoms with van der Waals surface area (Å²) in [5.74, 6) is 2.22. The van der Waals surface area contributed by atoms with Crippen molar-refractivity contribution in [1.82, 2.24) is 34.8 Å². The molecule has 0 aromatic carbocycles. The number of nitrogens with zero attached hydrogens (tertiary/aromatic N) is 7. The van der Waals surface area contributed by atoms with Gasteiger partial charge in [0.25, 0.3) is 0 Å². The van der Waals surface area contributed by atoms with Crippen LogP contribution in [0.25, 0.3) is 11.4 Å². The summed E-state index contributed by atoms with van der Waals surface area (Å²) in [5.41, 5.74) is 0.793. The highest BCUT2D eigenvalue weighted by Gasteiger charge is 2.27. The van der Waals surface area contributed by atoms with Crippen LogP contribution in [0.15, 0.2) is 35.4 Å². The maximum atomic E-state index is 12.6. The molecule has 4 rings (SSSR count). The van der Waals surface area contributed by atoms with Crippen LogP contribution in [0, 0.1) is 0 Å². The Morgan fingerprint density at radius 1 is 1.41 bits per heavy atom. The van der Waals surface area contributed by atoms with Crippen LogP contribution < -0.4 is 0 Å². The number of carbonyl (C=O) groups excluding carboxylic acids is 1. The zero-order valence-electron chi connectivity index (χ0n) is 15.2. The summed E-state index contributed by atoms with van der Waals surface area (Å²) < 4.78 is 7.20. The van der Waals surface area contributed by atoms with E-state index in [0.717, 1.165) is 30.8 Å². The Balaban J connectivity index is 1.34. The van der Waals surface area contributed by atoms with E-state index in [9.17, 15) is 4.79 Å². The van der Waals surface area contributed by atoms with Crippen molar-refractivity contribution in [1.29, 1.82) is 0 Å². The third-order valence-electron chi connectivity index (χ3n) is 4.83. The van der Waals surface area contributed by atoms with E-state index in [-0.39, 0.29) is 11.8 Å². The second-order valence-corrected chi connectivity index (χ2v) is 6.73. The number of hydrogen-bond donors (Lipinski definition) is 0. The van der Waals surface area contributed by atoms with Crippen molar-refractivity contribution >= 4 is 5.91 Å².